The molecule has 1 aromatic carbocycles. The molecule has 0 spiro atoms. The molecule has 6 heteroatoms. The van der Waals surface area contributed by atoms with Crippen molar-refractivity contribution >= 4 is 11.7 Å². The first-order valence-electron chi connectivity index (χ1n) is 4.49. The number of rotatable bonds is 3. The first-order chi connectivity index (χ1) is 7.77. The van der Waals surface area contributed by atoms with Crippen molar-refractivity contribution in [3.05, 3.63) is 48.5 Å². The van der Waals surface area contributed by atoms with Crippen LogP contribution in [0, 0.1) is 0 Å². The quantitative estimate of drug-likeness (QED) is 0.798. The van der Waals surface area contributed by atoms with Crippen LogP contribution < -0.4 is 0 Å². The van der Waals surface area contributed by atoms with Crippen molar-refractivity contribution in [2.24, 2.45) is 10.3 Å². The largest absolute Gasteiger partial charge is 0.478 e. The number of imidazole rings is 1. The van der Waals surface area contributed by atoms with Crippen LogP contribution in [0.15, 0.2) is 53.3 Å². The molecule has 0 amide bonds. The van der Waals surface area contributed by atoms with E-state index in [-0.39, 0.29) is 5.56 Å². The van der Waals surface area contributed by atoms with Crippen molar-refractivity contribution in [1.82, 2.24) is 9.66 Å². The summed E-state index contributed by atoms with van der Waals surface area (Å²) in [7, 11) is 0. The molecule has 0 aliphatic carbocycles. The minimum Gasteiger partial charge on any atom is -0.478 e. The van der Waals surface area contributed by atoms with E-state index in [9.17, 15) is 4.79 Å². The molecule has 0 unspecified atom stereocenters. The Kier molecular flexibility index (Phi) is 2.73. The van der Waals surface area contributed by atoms with E-state index < -0.39 is 5.97 Å². The van der Waals surface area contributed by atoms with E-state index in [0.29, 0.717) is 5.69 Å². The Hall–Kier alpha value is -2.50. The summed E-state index contributed by atoms with van der Waals surface area (Å²) >= 11 is 0. The van der Waals surface area contributed by atoms with Gasteiger partial charge in [-0.2, -0.15) is 0 Å². The van der Waals surface area contributed by atoms with Gasteiger partial charge < -0.3 is 5.11 Å². The van der Waals surface area contributed by atoms with Crippen LogP contribution in [0.3, 0.4) is 0 Å². The van der Waals surface area contributed by atoms with Crippen molar-refractivity contribution in [1.29, 1.82) is 0 Å². The lowest BCUT2D eigenvalue weighted by Crippen LogP contribution is -1.95. The number of benzene rings is 1. The van der Waals surface area contributed by atoms with Gasteiger partial charge in [0.05, 0.1) is 11.8 Å². The van der Waals surface area contributed by atoms with Crippen molar-refractivity contribution in [3.63, 3.8) is 0 Å². The van der Waals surface area contributed by atoms with Crippen molar-refractivity contribution < 1.29 is 9.90 Å². The zero-order valence-corrected chi connectivity index (χ0v) is 8.19. The van der Waals surface area contributed by atoms with Crippen molar-refractivity contribution in [3.8, 4) is 0 Å². The van der Waals surface area contributed by atoms with Gasteiger partial charge in [0.1, 0.15) is 12.0 Å². The Morgan fingerprint density at radius 2 is 2.19 bits per heavy atom. The van der Waals surface area contributed by atoms with E-state index >= 15 is 0 Å². The third kappa shape index (κ3) is 2.11. The molecule has 1 aromatic heterocycles. The SMILES string of the molecule is O=C(O)c1ccccc1N=Nn1ccnc1. The third-order valence-corrected chi connectivity index (χ3v) is 1.88. The summed E-state index contributed by atoms with van der Waals surface area (Å²) in [4.78, 5) is 14.6. The summed E-state index contributed by atoms with van der Waals surface area (Å²) in [6.45, 7) is 0. The standard InChI is InChI=1S/C10H8N4O2/c15-10(16)8-3-1-2-4-9(8)12-13-14-6-5-11-7-14/h1-7H,(H,15,16). The fraction of sp³-hybridized carbons (Fsp3) is 0. The summed E-state index contributed by atoms with van der Waals surface area (Å²) in [6, 6.07) is 6.41. The second-order valence-electron chi connectivity index (χ2n) is 2.95. The maximum absolute atomic E-state index is 10.9. The van der Waals surface area contributed by atoms with Crippen LogP contribution in [-0.2, 0) is 0 Å². The molecule has 80 valence electrons. The van der Waals surface area contributed by atoms with E-state index in [1.165, 1.54) is 17.1 Å². The molecule has 2 aromatic rings. The van der Waals surface area contributed by atoms with Gasteiger partial charge in [-0.3, -0.25) is 0 Å². The van der Waals surface area contributed by atoms with Gasteiger partial charge in [-0.15, -0.1) is 5.11 Å². The average molecular weight is 216 g/mol. The molecule has 1 heterocycles. The molecule has 0 saturated carbocycles. The minimum absolute atomic E-state index is 0.117. The van der Waals surface area contributed by atoms with Crippen LogP contribution in [0.4, 0.5) is 5.69 Å². The summed E-state index contributed by atoms with van der Waals surface area (Å²) in [5.74, 6) is -1.03. The predicted molar refractivity (Wildman–Crippen MR) is 55.5 cm³/mol. The molecule has 0 aliphatic rings. The van der Waals surface area contributed by atoms with Crippen LogP contribution in [0.2, 0.25) is 0 Å². The van der Waals surface area contributed by atoms with Gasteiger partial charge >= 0.3 is 5.97 Å². The molecule has 0 aliphatic heterocycles. The lowest BCUT2D eigenvalue weighted by Gasteiger charge is -1.97. The minimum atomic E-state index is -1.03. The fourth-order valence-corrected chi connectivity index (χ4v) is 1.15. The van der Waals surface area contributed by atoms with E-state index in [4.69, 9.17) is 5.11 Å². The lowest BCUT2D eigenvalue weighted by atomic mass is 10.2. The van der Waals surface area contributed by atoms with Crippen LogP contribution >= 0.6 is 0 Å². The summed E-state index contributed by atoms with van der Waals surface area (Å²) in [6.07, 6.45) is 4.63. The van der Waals surface area contributed by atoms with Crippen molar-refractivity contribution in [2.45, 2.75) is 0 Å². The topological polar surface area (TPSA) is 79.8 Å². The molecule has 0 atom stereocenters. The first kappa shape index (κ1) is 10.0. The third-order valence-electron chi connectivity index (χ3n) is 1.88. The average Bonchev–Trinajstić information content (AvgIpc) is 2.79. The van der Waals surface area contributed by atoms with Gasteiger partial charge in [0.25, 0.3) is 0 Å². The van der Waals surface area contributed by atoms with Gasteiger partial charge in [-0.1, -0.05) is 17.4 Å². The lowest BCUT2D eigenvalue weighted by molar-refractivity contribution is 0.0697. The fourth-order valence-electron chi connectivity index (χ4n) is 1.15. The Labute approximate surface area is 90.9 Å². The van der Waals surface area contributed by atoms with E-state index in [0.717, 1.165) is 0 Å². The summed E-state index contributed by atoms with van der Waals surface area (Å²) in [5, 5.41) is 16.5. The molecular weight excluding hydrogens is 208 g/mol. The number of nitrogens with zero attached hydrogens (tertiary/aromatic N) is 4. The highest BCUT2D eigenvalue weighted by molar-refractivity contribution is 5.93. The number of hydrogen-bond acceptors (Lipinski definition) is 4. The smallest absolute Gasteiger partial charge is 0.337 e. The highest BCUT2D eigenvalue weighted by atomic mass is 16.4. The molecule has 6 nitrogen and oxygen atoms in total. The van der Waals surface area contributed by atoms with Gasteiger partial charge in [0, 0.05) is 6.20 Å². The normalized spacial score (nSPS) is 10.8. The highest BCUT2D eigenvalue weighted by Crippen LogP contribution is 2.18. The number of aromatic nitrogens is 2. The van der Waals surface area contributed by atoms with Crippen molar-refractivity contribution in [2.75, 3.05) is 0 Å². The Morgan fingerprint density at radius 1 is 1.38 bits per heavy atom. The number of carboxylic acid groups (broad SMARTS) is 1. The van der Waals surface area contributed by atoms with Gasteiger partial charge in [0.2, 0.25) is 0 Å². The summed E-state index contributed by atoms with van der Waals surface area (Å²) in [5.41, 5.74) is 0.426. The Morgan fingerprint density at radius 3 is 2.88 bits per heavy atom. The van der Waals surface area contributed by atoms with Crippen LogP contribution in [0.1, 0.15) is 10.4 Å². The number of aromatic carboxylic acids is 1. The second kappa shape index (κ2) is 4.35. The van der Waals surface area contributed by atoms with E-state index in [1.54, 1.807) is 30.6 Å². The number of carboxylic acids is 1. The monoisotopic (exact) mass is 216 g/mol. The molecule has 16 heavy (non-hydrogen) atoms. The molecule has 0 saturated heterocycles. The Bertz CT molecular complexity index is 519. The van der Waals surface area contributed by atoms with Gasteiger partial charge in [-0.25, -0.2) is 14.5 Å². The van der Waals surface area contributed by atoms with Crippen LogP contribution in [0.5, 0.6) is 0 Å². The van der Waals surface area contributed by atoms with Crippen LogP contribution in [-0.4, -0.2) is 20.7 Å². The number of hydrogen-bond donors (Lipinski definition) is 1. The van der Waals surface area contributed by atoms with E-state index in [2.05, 4.69) is 15.3 Å². The maximum Gasteiger partial charge on any atom is 0.337 e. The van der Waals surface area contributed by atoms with E-state index in [1.807, 2.05) is 0 Å². The molecule has 1 N–H and O–H groups in total. The zero-order chi connectivity index (χ0) is 11.4. The Balaban J connectivity index is 2.31. The second-order valence-corrected chi connectivity index (χ2v) is 2.95. The molecule has 0 radical (unpaired) electrons. The predicted octanol–water partition coefficient (Wildman–Crippen LogP) is 2.13. The molecule has 0 fully saturated rings. The maximum atomic E-state index is 10.9. The summed E-state index contributed by atoms with van der Waals surface area (Å²) < 4.78 is 1.39. The molecule has 2 rings (SSSR count). The van der Waals surface area contributed by atoms with Gasteiger partial charge in [-0.05, 0) is 12.1 Å². The first-order valence-corrected chi connectivity index (χ1v) is 4.49. The molecule has 0 bridgehead atoms. The number of carbonyl (C=O) groups is 1. The zero-order valence-electron chi connectivity index (χ0n) is 8.19. The molecular formula is C10H8N4O2. The highest BCUT2D eigenvalue weighted by Gasteiger charge is 2.07. The van der Waals surface area contributed by atoms with Crippen LogP contribution in [0.25, 0.3) is 0 Å². The van der Waals surface area contributed by atoms with Gasteiger partial charge in [0.15, 0.2) is 0 Å².